The number of hydrogen-bond acceptors (Lipinski definition) is 5. The van der Waals surface area contributed by atoms with Crippen LogP contribution in [0.15, 0.2) is 47.7 Å². The molecule has 7 nitrogen and oxygen atoms in total. The summed E-state index contributed by atoms with van der Waals surface area (Å²) in [7, 11) is 0. The molecular weight excluding hydrogens is 325 g/mol. The number of nitrogens with one attached hydrogen (secondary N) is 1. The Hall–Kier alpha value is -3.29. The Bertz CT molecular complexity index is 850. The molecular formula is C17H16FN5O2. The molecule has 0 aliphatic carbocycles. The first-order chi connectivity index (χ1) is 11.9. The van der Waals surface area contributed by atoms with Gasteiger partial charge in [0.05, 0.1) is 5.69 Å². The van der Waals surface area contributed by atoms with Crippen molar-refractivity contribution >= 4 is 29.0 Å². The quantitative estimate of drug-likeness (QED) is 0.882. The molecule has 0 bridgehead atoms. The van der Waals surface area contributed by atoms with Gasteiger partial charge in [-0.2, -0.15) is 5.10 Å². The van der Waals surface area contributed by atoms with E-state index in [1.807, 2.05) is 13.0 Å². The maximum absolute atomic E-state index is 13.1. The molecule has 0 spiro atoms. The third-order valence-electron chi connectivity index (χ3n) is 3.75. The molecule has 8 heteroatoms. The Balaban J connectivity index is 1.83. The van der Waals surface area contributed by atoms with E-state index in [1.165, 1.54) is 29.3 Å². The second-order valence-electron chi connectivity index (χ2n) is 5.66. The summed E-state index contributed by atoms with van der Waals surface area (Å²) in [5.74, 6) is -1.10. The topological polar surface area (TPSA) is 101 Å². The zero-order chi connectivity index (χ0) is 18.0. The van der Waals surface area contributed by atoms with E-state index < -0.39 is 23.7 Å². The summed E-state index contributed by atoms with van der Waals surface area (Å²) < 4.78 is 13.1. The minimum absolute atomic E-state index is 0.0599. The summed E-state index contributed by atoms with van der Waals surface area (Å²) >= 11 is 0. The monoisotopic (exact) mass is 341 g/mol. The molecule has 2 heterocycles. The van der Waals surface area contributed by atoms with Gasteiger partial charge < -0.3 is 11.1 Å². The van der Waals surface area contributed by atoms with E-state index in [9.17, 15) is 14.0 Å². The Kier molecular flexibility index (Phi) is 4.42. The summed E-state index contributed by atoms with van der Waals surface area (Å²) in [6.45, 7) is 1.88. The summed E-state index contributed by atoms with van der Waals surface area (Å²) in [5, 5.41) is 8.18. The summed E-state index contributed by atoms with van der Waals surface area (Å²) in [6, 6.07) is 8.15. The molecule has 2 aromatic rings. The molecule has 1 aliphatic heterocycles. The summed E-state index contributed by atoms with van der Waals surface area (Å²) in [5.41, 5.74) is 6.99. The van der Waals surface area contributed by atoms with Crippen molar-refractivity contribution in [3.8, 4) is 0 Å². The lowest BCUT2D eigenvalue weighted by Gasteiger charge is -2.20. The molecule has 0 radical (unpaired) electrons. The lowest BCUT2D eigenvalue weighted by atomic mass is 10.1. The van der Waals surface area contributed by atoms with E-state index in [0.717, 1.165) is 5.56 Å². The molecule has 2 amide bonds. The van der Waals surface area contributed by atoms with Crippen LogP contribution in [0.5, 0.6) is 0 Å². The number of hydrogen-bond donors (Lipinski definition) is 2. The van der Waals surface area contributed by atoms with Gasteiger partial charge in [-0.15, -0.1) is 0 Å². The number of aryl methyl sites for hydroxylation is 1. The van der Waals surface area contributed by atoms with E-state index in [1.54, 1.807) is 12.3 Å². The fraction of sp³-hybridized carbons (Fsp3) is 0.176. The van der Waals surface area contributed by atoms with Crippen LogP contribution in [0.3, 0.4) is 0 Å². The van der Waals surface area contributed by atoms with Gasteiger partial charge in [0, 0.05) is 12.6 Å². The molecule has 3 N–H and O–H groups in total. The highest BCUT2D eigenvalue weighted by molar-refractivity contribution is 6.44. The average molecular weight is 341 g/mol. The van der Waals surface area contributed by atoms with Gasteiger partial charge in [0.2, 0.25) is 5.91 Å². The van der Waals surface area contributed by atoms with Crippen molar-refractivity contribution in [2.75, 3.05) is 10.3 Å². The fourth-order valence-electron chi connectivity index (χ4n) is 2.49. The molecule has 1 aromatic heterocycles. The number of amides is 2. The molecule has 25 heavy (non-hydrogen) atoms. The molecule has 0 saturated heterocycles. The Morgan fingerprint density at radius 3 is 2.64 bits per heavy atom. The van der Waals surface area contributed by atoms with E-state index in [4.69, 9.17) is 5.73 Å². The van der Waals surface area contributed by atoms with Crippen molar-refractivity contribution in [3.63, 3.8) is 0 Å². The van der Waals surface area contributed by atoms with E-state index in [2.05, 4.69) is 15.4 Å². The second-order valence-corrected chi connectivity index (χ2v) is 5.66. The minimum Gasteiger partial charge on any atom is -0.368 e. The van der Waals surface area contributed by atoms with Gasteiger partial charge in [-0.1, -0.05) is 0 Å². The number of benzene rings is 1. The SMILES string of the molecule is Cc1ccnc(NC(=O)C2=NN(c3ccc(F)cc3)[C@@H](C(N)=O)C2)c1. The molecule has 1 aliphatic rings. The third kappa shape index (κ3) is 3.63. The fourth-order valence-corrected chi connectivity index (χ4v) is 2.49. The third-order valence-corrected chi connectivity index (χ3v) is 3.75. The summed E-state index contributed by atoms with van der Waals surface area (Å²) in [6.07, 6.45) is 1.64. The molecule has 1 atom stereocenters. The van der Waals surface area contributed by atoms with Gasteiger partial charge in [-0.3, -0.25) is 14.6 Å². The van der Waals surface area contributed by atoms with Crippen molar-refractivity contribution in [2.45, 2.75) is 19.4 Å². The number of nitrogens with two attached hydrogens (primary N) is 1. The van der Waals surface area contributed by atoms with Gasteiger partial charge in [-0.05, 0) is 48.9 Å². The number of aromatic nitrogens is 1. The van der Waals surface area contributed by atoms with Gasteiger partial charge in [0.15, 0.2) is 0 Å². The maximum atomic E-state index is 13.1. The normalized spacial score (nSPS) is 16.5. The number of pyridine rings is 1. The Labute approximate surface area is 143 Å². The largest absolute Gasteiger partial charge is 0.368 e. The van der Waals surface area contributed by atoms with Crippen molar-refractivity contribution in [1.82, 2.24) is 4.98 Å². The predicted molar refractivity (Wildman–Crippen MR) is 91.5 cm³/mol. The van der Waals surface area contributed by atoms with Crippen LogP contribution in [0.4, 0.5) is 15.9 Å². The van der Waals surface area contributed by atoms with Gasteiger partial charge in [0.1, 0.15) is 23.4 Å². The zero-order valence-electron chi connectivity index (χ0n) is 13.4. The van der Waals surface area contributed by atoms with Crippen molar-refractivity contribution in [3.05, 3.63) is 54.0 Å². The maximum Gasteiger partial charge on any atom is 0.273 e. The average Bonchev–Trinajstić information content (AvgIpc) is 3.01. The van der Waals surface area contributed by atoms with Crippen molar-refractivity contribution in [1.29, 1.82) is 0 Å². The lowest BCUT2D eigenvalue weighted by molar-refractivity contribution is -0.119. The minimum atomic E-state index is -0.809. The van der Waals surface area contributed by atoms with Crippen LogP contribution >= 0.6 is 0 Å². The Morgan fingerprint density at radius 2 is 2.00 bits per heavy atom. The van der Waals surface area contributed by atoms with E-state index in [-0.39, 0.29) is 12.1 Å². The van der Waals surface area contributed by atoms with E-state index >= 15 is 0 Å². The van der Waals surface area contributed by atoms with Crippen LogP contribution in [0.25, 0.3) is 0 Å². The van der Waals surface area contributed by atoms with Gasteiger partial charge in [0.25, 0.3) is 5.91 Å². The van der Waals surface area contributed by atoms with Gasteiger partial charge >= 0.3 is 0 Å². The number of carbonyl (C=O) groups is 2. The lowest BCUT2D eigenvalue weighted by Crippen LogP contribution is -2.39. The standard InChI is InChI=1S/C17H16FN5O2/c1-10-6-7-20-15(8-10)21-17(25)13-9-14(16(19)24)23(22-13)12-4-2-11(18)3-5-12/h2-8,14H,9H2,1H3,(H2,19,24)(H,20,21,25)/t14-/m1/s1. The second kappa shape index (κ2) is 6.68. The number of nitrogens with zero attached hydrogens (tertiary/aromatic N) is 3. The number of hydrazone groups is 1. The van der Waals surface area contributed by atoms with Crippen LogP contribution in [0, 0.1) is 12.7 Å². The zero-order valence-corrected chi connectivity index (χ0v) is 13.4. The number of anilines is 2. The van der Waals surface area contributed by atoms with Gasteiger partial charge in [-0.25, -0.2) is 9.37 Å². The molecule has 3 rings (SSSR count). The predicted octanol–water partition coefficient (Wildman–Crippen LogP) is 1.59. The molecule has 0 unspecified atom stereocenters. The van der Waals surface area contributed by atoms with Crippen LogP contribution in [-0.4, -0.2) is 28.6 Å². The first kappa shape index (κ1) is 16.6. The Morgan fingerprint density at radius 1 is 1.28 bits per heavy atom. The highest BCUT2D eigenvalue weighted by atomic mass is 19.1. The first-order valence-electron chi connectivity index (χ1n) is 7.59. The summed E-state index contributed by atoms with van der Waals surface area (Å²) in [4.78, 5) is 28.2. The van der Waals surface area contributed by atoms with E-state index in [0.29, 0.717) is 11.5 Å². The number of rotatable bonds is 4. The van der Waals surface area contributed by atoms with Crippen molar-refractivity contribution in [2.24, 2.45) is 10.8 Å². The smallest absolute Gasteiger partial charge is 0.273 e. The van der Waals surface area contributed by atoms with Crippen LogP contribution < -0.4 is 16.1 Å². The molecule has 0 saturated carbocycles. The number of halogens is 1. The highest BCUT2D eigenvalue weighted by Crippen LogP contribution is 2.25. The molecule has 1 aromatic carbocycles. The van der Waals surface area contributed by atoms with Crippen LogP contribution in [-0.2, 0) is 9.59 Å². The molecule has 0 fully saturated rings. The van der Waals surface area contributed by atoms with Crippen molar-refractivity contribution < 1.29 is 14.0 Å². The first-order valence-corrected chi connectivity index (χ1v) is 7.59. The molecule has 128 valence electrons. The number of primary amides is 1. The number of carbonyl (C=O) groups excluding carboxylic acids is 2. The van der Waals surface area contributed by atoms with Crippen LogP contribution in [0.2, 0.25) is 0 Å². The van der Waals surface area contributed by atoms with Crippen LogP contribution in [0.1, 0.15) is 12.0 Å². The highest BCUT2D eigenvalue weighted by Gasteiger charge is 2.35.